The topological polar surface area (TPSA) is 101 Å². The molecular formula is C47H54N6O2. The Morgan fingerprint density at radius 1 is 0.618 bits per heavy atom. The Labute approximate surface area is 324 Å². The van der Waals surface area contributed by atoms with Crippen LogP contribution in [0.25, 0.3) is 68.9 Å². The van der Waals surface area contributed by atoms with E-state index >= 15 is 0 Å². The number of ether oxygens (including phenoxy) is 1. The maximum atomic E-state index is 12.6. The van der Waals surface area contributed by atoms with Crippen molar-refractivity contribution in [2.24, 2.45) is 7.05 Å². The molecule has 6 heterocycles. The van der Waals surface area contributed by atoms with Crippen LogP contribution in [0.5, 0.6) is 0 Å². The van der Waals surface area contributed by atoms with Crippen LogP contribution >= 0.6 is 0 Å². The van der Waals surface area contributed by atoms with Crippen molar-refractivity contribution >= 4 is 52.3 Å². The van der Waals surface area contributed by atoms with E-state index in [0.717, 1.165) is 93.0 Å². The Kier molecular flexibility index (Phi) is 12.2. The summed E-state index contributed by atoms with van der Waals surface area (Å²) in [6, 6.07) is 16.4. The summed E-state index contributed by atoms with van der Waals surface area (Å²) in [5.41, 5.74) is 13.6. The second-order valence-electron chi connectivity index (χ2n) is 14.7. The van der Waals surface area contributed by atoms with Crippen molar-refractivity contribution in [2.45, 2.75) is 97.8 Å². The van der Waals surface area contributed by atoms with Gasteiger partial charge < -0.3 is 19.3 Å². The first-order valence-corrected chi connectivity index (χ1v) is 20.4. The minimum atomic E-state index is -0.320. The highest BCUT2D eigenvalue weighted by atomic mass is 16.5. The van der Waals surface area contributed by atoms with Crippen molar-refractivity contribution in [2.75, 3.05) is 6.61 Å². The van der Waals surface area contributed by atoms with Gasteiger partial charge in [-0.25, -0.2) is 19.7 Å². The van der Waals surface area contributed by atoms with Gasteiger partial charge in [0, 0.05) is 52.7 Å². The molecule has 2 N–H and O–H groups in total. The monoisotopic (exact) mass is 734 g/mol. The third kappa shape index (κ3) is 8.44. The molecule has 2 aliphatic heterocycles. The van der Waals surface area contributed by atoms with Gasteiger partial charge in [-0.15, -0.1) is 0 Å². The molecule has 0 fully saturated rings. The molecule has 8 bridgehead atoms. The van der Waals surface area contributed by atoms with Gasteiger partial charge in [0.1, 0.15) is 5.82 Å². The Balaban J connectivity index is 1.50. The van der Waals surface area contributed by atoms with Crippen LogP contribution in [0.1, 0.15) is 129 Å². The van der Waals surface area contributed by atoms with E-state index in [2.05, 4.69) is 77.0 Å². The lowest BCUT2D eigenvalue weighted by Gasteiger charge is -2.07. The Hall–Kier alpha value is -5.50. The second kappa shape index (κ2) is 17.8. The fourth-order valence-corrected chi connectivity index (χ4v) is 7.79. The van der Waals surface area contributed by atoms with Crippen molar-refractivity contribution in [3.63, 3.8) is 0 Å². The van der Waals surface area contributed by atoms with E-state index in [9.17, 15) is 4.79 Å². The minimum Gasteiger partial charge on any atom is -0.462 e. The molecule has 8 heteroatoms. The lowest BCUT2D eigenvalue weighted by Crippen LogP contribution is -2.04. The van der Waals surface area contributed by atoms with Gasteiger partial charge in [0.25, 0.3) is 0 Å². The summed E-state index contributed by atoms with van der Waals surface area (Å²) in [6.45, 7) is 6.67. The number of aryl methyl sites for hydroxylation is 3. The number of esters is 1. The van der Waals surface area contributed by atoms with Crippen molar-refractivity contribution in [1.29, 1.82) is 0 Å². The number of fused-ring (bicyclic) bond motifs is 8. The zero-order valence-corrected chi connectivity index (χ0v) is 32.9. The average molecular weight is 735 g/mol. The fourth-order valence-electron chi connectivity index (χ4n) is 7.79. The number of hydrogen-bond donors (Lipinski definition) is 2. The van der Waals surface area contributed by atoms with E-state index in [1.807, 2.05) is 50.6 Å². The first kappa shape index (κ1) is 37.8. The summed E-state index contributed by atoms with van der Waals surface area (Å²) in [5.74, 6) is 0.546. The Bertz CT molecular complexity index is 2340. The number of rotatable bonds is 16. The van der Waals surface area contributed by atoms with Crippen molar-refractivity contribution in [3.05, 3.63) is 100 Å². The zero-order chi connectivity index (χ0) is 38.1. The third-order valence-corrected chi connectivity index (χ3v) is 10.8. The lowest BCUT2D eigenvalue weighted by atomic mass is 10.0. The van der Waals surface area contributed by atoms with Crippen LogP contribution in [0, 0.1) is 0 Å². The molecule has 0 unspecified atom stereocenters. The van der Waals surface area contributed by atoms with Gasteiger partial charge in [0.05, 0.1) is 46.0 Å². The maximum absolute atomic E-state index is 12.6. The number of nitrogens with one attached hydrogen (secondary N) is 2. The van der Waals surface area contributed by atoms with E-state index in [-0.39, 0.29) is 5.97 Å². The smallest absolute Gasteiger partial charge is 0.338 e. The van der Waals surface area contributed by atoms with E-state index in [1.165, 1.54) is 62.5 Å². The third-order valence-electron chi connectivity index (χ3n) is 10.8. The SMILES string of the molecule is CCCCCCCc1c2nc(c(-c3nccn3C)c3ccc([nH]3)c(CCCCCCC)c3nc(c(-c4ccc(C(=O)OCC)cc4)c4ccc1[nH]4)C=C3)C=C2. The van der Waals surface area contributed by atoms with Gasteiger partial charge in [-0.1, -0.05) is 77.3 Å². The summed E-state index contributed by atoms with van der Waals surface area (Å²) in [4.78, 5) is 35.8. The first-order chi connectivity index (χ1) is 27.0. The first-order valence-electron chi connectivity index (χ1n) is 20.4. The largest absolute Gasteiger partial charge is 0.462 e. The van der Waals surface area contributed by atoms with Gasteiger partial charge in [-0.05, 0) is 98.9 Å². The highest BCUT2D eigenvalue weighted by Crippen LogP contribution is 2.35. The number of nitrogens with zero attached hydrogens (tertiary/aromatic N) is 4. The molecule has 0 spiro atoms. The Morgan fingerprint density at radius 3 is 1.65 bits per heavy atom. The van der Waals surface area contributed by atoms with Crippen molar-refractivity contribution in [1.82, 2.24) is 29.5 Å². The van der Waals surface area contributed by atoms with E-state index in [4.69, 9.17) is 19.7 Å². The molecule has 55 heavy (non-hydrogen) atoms. The number of aromatic nitrogens is 6. The van der Waals surface area contributed by atoms with Crippen LogP contribution in [-0.2, 0) is 24.6 Å². The predicted octanol–water partition coefficient (Wildman–Crippen LogP) is 11.9. The van der Waals surface area contributed by atoms with Gasteiger partial charge in [0.15, 0.2) is 0 Å². The highest BCUT2D eigenvalue weighted by Gasteiger charge is 2.19. The summed E-state index contributed by atoms with van der Waals surface area (Å²) in [6.07, 6.45) is 26.2. The standard InChI is InChI=1S/C47H54N6O2/c1-5-8-10-12-14-16-34-36-22-26-40(49-36)44(32-18-20-33(21-19-32)47(54)55-7-3)41-27-23-37(50-41)35(17-15-13-11-9-6-2)39-25-29-43(52-39)45(42-28-24-38(34)51-42)46-48-30-31-53(46)4/h18-31,49,52H,5-17H2,1-4H3. The van der Waals surface area contributed by atoms with E-state index in [0.29, 0.717) is 12.2 Å². The molecule has 0 saturated heterocycles. The molecule has 0 aliphatic carbocycles. The fraction of sp³-hybridized carbons (Fsp3) is 0.362. The average Bonchev–Trinajstić information content (AvgIpc) is 4.05. The number of aromatic amines is 2. The molecule has 4 aromatic heterocycles. The molecule has 8 nitrogen and oxygen atoms in total. The van der Waals surface area contributed by atoms with Crippen LogP contribution in [0.15, 0.2) is 60.9 Å². The number of carbonyl (C=O) groups is 1. The summed E-state index contributed by atoms with van der Waals surface area (Å²) >= 11 is 0. The molecule has 5 aromatic rings. The van der Waals surface area contributed by atoms with Crippen LogP contribution < -0.4 is 0 Å². The van der Waals surface area contributed by atoms with Gasteiger partial charge in [-0.3, -0.25) is 0 Å². The number of hydrogen-bond acceptors (Lipinski definition) is 5. The summed E-state index contributed by atoms with van der Waals surface area (Å²) in [5, 5.41) is 0. The predicted molar refractivity (Wildman–Crippen MR) is 227 cm³/mol. The molecule has 0 amide bonds. The summed E-state index contributed by atoms with van der Waals surface area (Å²) < 4.78 is 7.36. The number of unbranched alkanes of at least 4 members (excludes halogenated alkanes) is 8. The van der Waals surface area contributed by atoms with E-state index < -0.39 is 0 Å². The minimum absolute atomic E-state index is 0.320. The lowest BCUT2D eigenvalue weighted by molar-refractivity contribution is 0.0526. The molecule has 0 atom stereocenters. The van der Waals surface area contributed by atoms with Crippen molar-refractivity contribution < 1.29 is 9.53 Å². The van der Waals surface area contributed by atoms with Crippen LogP contribution in [0.3, 0.4) is 0 Å². The number of H-pyrrole nitrogens is 2. The maximum Gasteiger partial charge on any atom is 0.338 e. The second-order valence-corrected chi connectivity index (χ2v) is 14.7. The zero-order valence-electron chi connectivity index (χ0n) is 32.9. The van der Waals surface area contributed by atoms with Crippen LogP contribution in [0.4, 0.5) is 0 Å². The van der Waals surface area contributed by atoms with E-state index in [1.54, 1.807) is 0 Å². The molecule has 1 aromatic carbocycles. The molecular weight excluding hydrogens is 681 g/mol. The van der Waals surface area contributed by atoms with Gasteiger partial charge in [0.2, 0.25) is 0 Å². The van der Waals surface area contributed by atoms with Crippen molar-refractivity contribution in [3.8, 4) is 22.5 Å². The molecule has 0 saturated carbocycles. The van der Waals surface area contributed by atoms with Gasteiger partial charge in [-0.2, -0.15) is 0 Å². The highest BCUT2D eigenvalue weighted by molar-refractivity contribution is 5.95. The number of carbonyl (C=O) groups excluding carboxylic acids is 1. The molecule has 2 aliphatic rings. The van der Waals surface area contributed by atoms with Crippen LogP contribution in [0.2, 0.25) is 0 Å². The molecule has 0 radical (unpaired) electrons. The Morgan fingerprint density at radius 2 is 1.13 bits per heavy atom. The van der Waals surface area contributed by atoms with Crippen LogP contribution in [-0.4, -0.2) is 42.1 Å². The molecule has 284 valence electrons. The normalized spacial score (nSPS) is 12.1. The number of benzene rings is 1. The summed E-state index contributed by atoms with van der Waals surface area (Å²) in [7, 11) is 2.04. The number of imidazole rings is 1. The quantitative estimate of drug-likeness (QED) is 0.0760. The van der Waals surface area contributed by atoms with Gasteiger partial charge >= 0.3 is 5.97 Å². The molecule has 7 rings (SSSR count).